The summed E-state index contributed by atoms with van der Waals surface area (Å²) >= 11 is 1.31. The number of benzene rings is 2. The summed E-state index contributed by atoms with van der Waals surface area (Å²) in [5, 5.41) is 12.5. The van der Waals surface area contributed by atoms with E-state index in [1.165, 1.54) is 41.2 Å². The van der Waals surface area contributed by atoms with E-state index in [1.807, 2.05) is 47.3 Å². The molecule has 0 N–H and O–H groups in total. The number of aryl methyl sites for hydroxylation is 1. The van der Waals surface area contributed by atoms with Crippen LogP contribution in [0.2, 0.25) is 0 Å². The largest absolute Gasteiger partial charge is 0.452 e. The van der Waals surface area contributed by atoms with E-state index in [0.29, 0.717) is 11.3 Å². The molecule has 0 bridgehead atoms. The van der Waals surface area contributed by atoms with Gasteiger partial charge in [-0.2, -0.15) is 4.99 Å². The molecule has 3 rings (SSSR count). The molecule has 0 atom stereocenters. The number of hydrogen-bond acceptors (Lipinski definition) is 6. The number of non-ortho nitro benzene ring substituents is 1. The van der Waals surface area contributed by atoms with Crippen molar-refractivity contribution in [3.63, 3.8) is 0 Å². The van der Waals surface area contributed by atoms with Gasteiger partial charge in [0.25, 0.3) is 11.6 Å². The highest BCUT2D eigenvalue weighted by molar-refractivity contribution is 7.07. The molecule has 2 aromatic carbocycles. The van der Waals surface area contributed by atoms with Gasteiger partial charge in [-0.15, -0.1) is 11.3 Å². The third kappa shape index (κ3) is 5.45. The van der Waals surface area contributed by atoms with E-state index < -0.39 is 23.4 Å². The highest BCUT2D eigenvalue weighted by Gasteiger charge is 2.12. The number of nitro benzene ring substituents is 1. The van der Waals surface area contributed by atoms with E-state index in [4.69, 9.17) is 4.74 Å². The average Bonchev–Trinajstić information content (AvgIpc) is 3.14. The van der Waals surface area contributed by atoms with Crippen molar-refractivity contribution in [3.8, 4) is 0 Å². The Morgan fingerprint density at radius 2 is 1.83 bits per heavy atom. The zero-order valence-corrected chi connectivity index (χ0v) is 16.3. The van der Waals surface area contributed by atoms with Gasteiger partial charge < -0.3 is 9.30 Å². The number of aromatic nitrogens is 1. The Kier molecular flexibility index (Phi) is 6.30. The number of nitro groups is 1. The second-order valence-electron chi connectivity index (χ2n) is 6.18. The summed E-state index contributed by atoms with van der Waals surface area (Å²) < 4.78 is 6.79. The van der Waals surface area contributed by atoms with E-state index in [2.05, 4.69) is 4.99 Å². The Hall–Kier alpha value is -3.59. The second kappa shape index (κ2) is 9.07. The molecular formula is C20H17N3O5S. The van der Waals surface area contributed by atoms with Crippen LogP contribution in [0.3, 0.4) is 0 Å². The fourth-order valence-corrected chi connectivity index (χ4v) is 3.21. The predicted molar refractivity (Wildman–Crippen MR) is 107 cm³/mol. The van der Waals surface area contributed by atoms with E-state index in [-0.39, 0.29) is 11.3 Å². The SMILES string of the molecule is Cc1ccc(Cn2ccsc2=NC(=O)COC(=O)c2ccc([N+](=O)[O-])cc2)cc1. The van der Waals surface area contributed by atoms with Gasteiger partial charge in [0, 0.05) is 30.3 Å². The Morgan fingerprint density at radius 3 is 2.48 bits per heavy atom. The lowest BCUT2D eigenvalue weighted by molar-refractivity contribution is -0.384. The highest BCUT2D eigenvalue weighted by Crippen LogP contribution is 2.12. The number of carbonyl (C=O) groups is 2. The Balaban J connectivity index is 1.62. The van der Waals surface area contributed by atoms with Crippen LogP contribution in [0.4, 0.5) is 5.69 Å². The maximum atomic E-state index is 12.1. The lowest BCUT2D eigenvalue weighted by Gasteiger charge is -2.04. The van der Waals surface area contributed by atoms with E-state index in [9.17, 15) is 19.7 Å². The molecule has 0 aliphatic rings. The molecule has 0 aliphatic carbocycles. The molecule has 3 aromatic rings. The minimum absolute atomic E-state index is 0.119. The van der Waals surface area contributed by atoms with Gasteiger partial charge in [-0.25, -0.2) is 4.79 Å². The molecule has 0 saturated heterocycles. The molecule has 29 heavy (non-hydrogen) atoms. The lowest BCUT2D eigenvalue weighted by Crippen LogP contribution is -2.20. The molecule has 1 aromatic heterocycles. The van der Waals surface area contributed by atoms with Crippen molar-refractivity contribution in [1.29, 1.82) is 0 Å². The highest BCUT2D eigenvalue weighted by atomic mass is 32.1. The quantitative estimate of drug-likeness (QED) is 0.352. The van der Waals surface area contributed by atoms with Crippen molar-refractivity contribution < 1.29 is 19.2 Å². The summed E-state index contributed by atoms with van der Waals surface area (Å²) in [6.45, 7) is 2.07. The smallest absolute Gasteiger partial charge is 0.338 e. The molecule has 0 saturated carbocycles. The van der Waals surface area contributed by atoms with Crippen molar-refractivity contribution in [1.82, 2.24) is 4.57 Å². The molecule has 8 nitrogen and oxygen atoms in total. The van der Waals surface area contributed by atoms with Crippen LogP contribution in [0.15, 0.2) is 65.1 Å². The fourth-order valence-electron chi connectivity index (χ4n) is 2.47. The normalized spacial score (nSPS) is 11.3. The minimum Gasteiger partial charge on any atom is -0.452 e. The Bertz CT molecular complexity index is 1100. The van der Waals surface area contributed by atoms with Crippen molar-refractivity contribution in [2.45, 2.75) is 13.5 Å². The summed E-state index contributed by atoms with van der Waals surface area (Å²) in [4.78, 5) is 38.7. The fraction of sp³-hybridized carbons (Fsp3) is 0.150. The van der Waals surface area contributed by atoms with Crippen LogP contribution >= 0.6 is 11.3 Å². The number of thiazole rings is 1. The van der Waals surface area contributed by atoms with Gasteiger partial charge in [-0.3, -0.25) is 14.9 Å². The average molecular weight is 411 g/mol. The zero-order valence-electron chi connectivity index (χ0n) is 15.5. The summed E-state index contributed by atoms with van der Waals surface area (Å²) in [7, 11) is 0. The minimum atomic E-state index is -0.748. The topological polar surface area (TPSA) is 104 Å². The Labute approximate surface area is 169 Å². The molecule has 148 valence electrons. The molecule has 0 spiro atoms. The van der Waals surface area contributed by atoms with Crippen molar-refractivity contribution in [2.75, 3.05) is 6.61 Å². The summed E-state index contributed by atoms with van der Waals surface area (Å²) in [6.07, 6.45) is 1.83. The number of nitrogens with zero attached hydrogens (tertiary/aromatic N) is 3. The van der Waals surface area contributed by atoms with Gasteiger partial charge in [0.15, 0.2) is 11.4 Å². The van der Waals surface area contributed by atoms with E-state index >= 15 is 0 Å². The maximum absolute atomic E-state index is 12.1. The van der Waals surface area contributed by atoms with Gasteiger partial charge in [0.05, 0.1) is 10.5 Å². The molecule has 9 heteroatoms. The molecule has 0 radical (unpaired) electrons. The number of rotatable bonds is 6. The number of amides is 1. The zero-order chi connectivity index (χ0) is 20.8. The molecule has 0 unspecified atom stereocenters. The van der Waals surface area contributed by atoms with E-state index in [0.717, 1.165) is 5.56 Å². The number of ether oxygens (including phenoxy) is 1. The lowest BCUT2D eigenvalue weighted by atomic mass is 10.1. The summed E-state index contributed by atoms with van der Waals surface area (Å²) in [5.41, 5.74) is 2.23. The van der Waals surface area contributed by atoms with Crippen LogP contribution in [0.5, 0.6) is 0 Å². The van der Waals surface area contributed by atoms with Crippen LogP contribution < -0.4 is 4.80 Å². The maximum Gasteiger partial charge on any atom is 0.338 e. The van der Waals surface area contributed by atoms with Crippen LogP contribution in [-0.4, -0.2) is 28.0 Å². The first kappa shape index (κ1) is 20.2. The summed E-state index contributed by atoms with van der Waals surface area (Å²) in [5.74, 6) is -1.34. The molecule has 0 aliphatic heterocycles. The predicted octanol–water partition coefficient (Wildman–Crippen LogP) is 3.10. The number of esters is 1. The van der Waals surface area contributed by atoms with Crippen LogP contribution in [-0.2, 0) is 16.1 Å². The van der Waals surface area contributed by atoms with Crippen LogP contribution in [0.25, 0.3) is 0 Å². The standard InChI is InChI=1S/C20H17N3O5S/c1-14-2-4-15(5-3-14)12-22-10-11-29-20(22)21-18(24)13-28-19(25)16-6-8-17(9-7-16)23(26)27/h2-11H,12-13H2,1H3. The van der Waals surface area contributed by atoms with Gasteiger partial charge in [0.1, 0.15) is 0 Å². The number of carbonyl (C=O) groups excluding carboxylic acids is 2. The van der Waals surface area contributed by atoms with Crippen molar-refractivity contribution in [2.24, 2.45) is 4.99 Å². The van der Waals surface area contributed by atoms with Crippen LogP contribution in [0.1, 0.15) is 21.5 Å². The molecular weight excluding hydrogens is 394 g/mol. The van der Waals surface area contributed by atoms with Crippen molar-refractivity contribution in [3.05, 3.63) is 91.7 Å². The molecule has 1 heterocycles. The first-order chi connectivity index (χ1) is 13.9. The monoisotopic (exact) mass is 411 g/mol. The summed E-state index contributed by atoms with van der Waals surface area (Å²) in [6, 6.07) is 13.0. The van der Waals surface area contributed by atoms with Gasteiger partial charge in [0.2, 0.25) is 0 Å². The molecule has 1 amide bonds. The first-order valence-electron chi connectivity index (χ1n) is 8.61. The number of hydrogen-bond donors (Lipinski definition) is 0. The van der Waals surface area contributed by atoms with Crippen LogP contribution in [0, 0.1) is 17.0 Å². The van der Waals surface area contributed by atoms with Gasteiger partial charge >= 0.3 is 5.97 Å². The first-order valence-corrected chi connectivity index (χ1v) is 9.49. The molecule has 0 fully saturated rings. The van der Waals surface area contributed by atoms with Gasteiger partial charge in [-0.1, -0.05) is 29.8 Å². The van der Waals surface area contributed by atoms with Gasteiger partial charge in [-0.05, 0) is 24.6 Å². The van der Waals surface area contributed by atoms with Crippen molar-refractivity contribution >= 4 is 28.9 Å². The van der Waals surface area contributed by atoms with E-state index in [1.54, 1.807) is 0 Å². The third-order valence-corrected chi connectivity index (χ3v) is 4.79. The second-order valence-corrected chi connectivity index (χ2v) is 7.06. The Morgan fingerprint density at radius 1 is 1.14 bits per heavy atom. The third-order valence-electron chi connectivity index (χ3n) is 3.99.